The molecule has 0 fully saturated rings. The number of anilines is 2. The summed E-state index contributed by atoms with van der Waals surface area (Å²) in [6.07, 6.45) is 0. The Kier molecular flexibility index (Phi) is 4.85. The molecular weight excluding hydrogens is 382 g/mol. The Morgan fingerprint density at radius 2 is 1.88 bits per heavy atom. The molecule has 1 heterocycles. The number of nitrogens with one attached hydrogen (secondary N) is 1. The summed E-state index contributed by atoms with van der Waals surface area (Å²) in [6.45, 7) is 4.46. The van der Waals surface area contributed by atoms with Gasteiger partial charge in [0.05, 0.1) is 6.54 Å². The van der Waals surface area contributed by atoms with Crippen LogP contribution in [0.3, 0.4) is 0 Å². The van der Waals surface area contributed by atoms with Crippen molar-refractivity contribution < 1.29 is 4.79 Å². The number of nitrogens with zero attached hydrogens (tertiary/aromatic N) is 3. The minimum atomic E-state index is -0.372. The smallest absolute Gasteiger partial charge is 0.280 e. The minimum Gasteiger partial charge on any atom is -0.382 e. The summed E-state index contributed by atoms with van der Waals surface area (Å²) in [5.74, 6) is -0.132. The van der Waals surface area contributed by atoms with Crippen LogP contribution in [0.1, 0.15) is 27.2 Å². The highest BCUT2D eigenvalue weighted by Gasteiger charge is 2.18. The van der Waals surface area contributed by atoms with E-state index in [-0.39, 0.29) is 17.4 Å². The molecule has 128 valence electrons. The summed E-state index contributed by atoms with van der Waals surface area (Å²) in [5.41, 5.74) is 10.2. The first-order valence-electron chi connectivity index (χ1n) is 7.76. The Labute approximate surface area is 154 Å². The maximum atomic E-state index is 12.4. The molecule has 0 bridgehead atoms. The Morgan fingerprint density at radius 3 is 2.56 bits per heavy atom. The van der Waals surface area contributed by atoms with Gasteiger partial charge in [-0.25, -0.2) is 4.68 Å². The number of nitrogens with two attached hydrogens (primary N) is 1. The van der Waals surface area contributed by atoms with Gasteiger partial charge in [-0.3, -0.25) is 4.79 Å². The molecule has 3 rings (SSSR count). The van der Waals surface area contributed by atoms with Crippen molar-refractivity contribution in [2.24, 2.45) is 0 Å². The van der Waals surface area contributed by atoms with Gasteiger partial charge >= 0.3 is 0 Å². The van der Waals surface area contributed by atoms with Crippen LogP contribution in [0, 0.1) is 13.8 Å². The van der Waals surface area contributed by atoms with Gasteiger partial charge in [-0.1, -0.05) is 39.3 Å². The molecule has 2 aromatic carbocycles. The number of halogens is 1. The summed E-state index contributed by atoms with van der Waals surface area (Å²) < 4.78 is 2.51. The van der Waals surface area contributed by atoms with E-state index in [2.05, 4.69) is 31.6 Å². The zero-order valence-electron chi connectivity index (χ0n) is 14.0. The zero-order valence-corrected chi connectivity index (χ0v) is 15.5. The number of hydrogen-bond acceptors (Lipinski definition) is 4. The van der Waals surface area contributed by atoms with E-state index in [9.17, 15) is 4.79 Å². The standard InChI is InChI=1S/C18H18BrN5O/c1-11-3-8-15(9-12(11)2)21-18(25)16-17(20)24(23-22-16)10-13-4-6-14(19)7-5-13/h3-9H,10,20H2,1-2H3,(H,21,25). The second-order valence-corrected chi connectivity index (χ2v) is 6.78. The third kappa shape index (κ3) is 3.88. The van der Waals surface area contributed by atoms with Crippen molar-refractivity contribution >= 4 is 33.3 Å². The molecule has 0 saturated carbocycles. The maximum Gasteiger partial charge on any atom is 0.280 e. The summed E-state index contributed by atoms with van der Waals surface area (Å²) >= 11 is 3.40. The summed E-state index contributed by atoms with van der Waals surface area (Å²) in [7, 11) is 0. The molecular formula is C18H18BrN5O. The summed E-state index contributed by atoms with van der Waals surface area (Å²) in [5, 5.41) is 10.7. The van der Waals surface area contributed by atoms with E-state index in [4.69, 9.17) is 5.73 Å². The first kappa shape index (κ1) is 17.2. The Morgan fingerprint density at radius 1 is 1.16 bits per heavy atom. The van der Waals surface area contributed by atoms with E-state index in [1.165, 1.54) is 4.68 Å². The van der Waals surface area contributed by atoms with E-state index in [1.54, 1.807) is 0 Å². The summed E-state index contributed by atoms with van der Waals surface area (Å²) in [6, 6.07) is 13.5. The average Bonchev–Trinajstić information content (AvgIpc) is 2.94. The molecule has 25 heavy (non-hydrogen) atoms. The number of carbonyl (C=O) groups excluding carboxylic acids is 1. The lowest BCUT2D eigenvalue weighted by molar-refractivity contribution is 0.102. The molecule has 7 heteroatoms. The normalized spacial score (nSPS) is 10.7. The first-order chi connectivity index (χ1) is 11.9. The molecule has 0 spiro atoms. The van der Waals surface area contributed by atoms with Crippen molar-refractivity contribution in [1.29, 1.82) is 0 Å². The highest BCUT2D eigenvalue weighted by molar-refractivity contribution is 9.10. The quantitative estimate of drug-likeness (QED) is 0.702. The number of nitrogen functional groups attached to an aromatic ring is 1. The lowest BCUT2D eigenvalue weighted by Crippen LogP contribution is -2.15. The van der Waals surface area contributed by atoms with Gasteiger partial charge in [-0.2, -0.15) is 0 Å². The molecule has 1 amide bonds. The van der Waals surface area contributed by atoms with Gasteiger partial charge in [0.2, 0.25) is 0 Å². The second-order valence-electron chi connectivity index (χ2n) is 5.86. The summed E-state index contributed by atoms with van der Waals surface area (Å²) in [4.78, 5) is 12.4. The zero-order chi connectivity index (χ0) is 18.0. The van der Waals surface area contributed by atoms with Crippen LogP contribution in [0.25, 0.3) is 0 Å². The number of rotatable bonds is 4. The monoisotopic (exact) mass is 399 g/mol. The lowest BCUT2D eigenvalue weighted by atomic mass is 10.1. The van der Waals surface area contributed by atoms with Gasteiger partial charge in [-0.05, 0) is 54.8 Å². The lowest BCUT2D eigenvalue weighted by Gasteiger charge is -2.07. The minimum absolute atomic E-state index is 0.121. The van der Waals surface area contributed by atoms with E-state index in [0.29, 0.717) is 12.2 Å². The predicted molar refractivity (Wildman–Crippen MR) is 102 cm³/mol. The van der Waals surface area contributed by atoms with Gasteiger partial charge in [0.1, 0.15) is 0 Å². The molecule has 0 aliphatic carbocycles. The largest absolute Gasteiger partial charge is 0.382 e. The fourth-order valence-electron chi connectivity index (χ4n) is 2.37. The molecule has 3 N–H and O–H groups in total. The highest BCUT2D eigenvalue weighted by Crippen LogP contribution is 2.17. The number of benzene rings is 2. The third-order valence-electron chi connectivity index (χ3n) is 4.00. The molecule has 0 aliphatic rings. The molecule has 0 unspecified atom stereocenters. The van der Waals surface area contributed by atoms with E-state index < -0.39 is 0 Å². The van der Waals surface area contributed by atoms with E-state index >= 15 is 0 Å². The van der Waals surface area contributed by atoms with Gasteiger partial charge in [0.15, 0.2) is 11.5 Å². The van der Waals surface area contributed by atoms with Gasteiger partial charge < -0.3 is 11.1 Å². The Hall–Kier alpha value is -2.67. The second kappa shape index (κ2) is 7.06. The third-order valence-corrected chi connectivity index (χ3v) is 4.53. The van der Waals surface area contributed by atoms with Crippen LogP contribution in [0.2, 0.25) is 0 Å². The van der Waals surface area contributed by atoms with Crippen LogP contribution in [0.5, 0.6) is 0 Å². The van der Waals surface area contributed by atoms with Crippen molar-refractivity contribution in [3.05, 3.63) is 69.3 Å². The van der Waals surface area contributed by atoms with E-state index in [1.807, 2.05) is 56.3 Å². The van der Waals surface area contributed by atoms with Crippen molar-refractivity contribution in [1.82, 2.24) is 15.0 Å². The van der Waals surface area contributed by atoms with Crippen LogP contribution in [0.4, 0.5) is 11.5 Å². The molecule has 1 aromatic heterocycles. The fraction of sp³-hybridized carbons (Fsp3) is 0.167. The van der Waals surface area contributed by atoms with Crippen LogP contribution < -0.4 is 11.1 Å². The molecule has 0 atom stereocenters. The van der Waals surface area contributed by atoms with Crippen molar-refractivity contribution in [2.75, 3.05) is 11.1 Å². The van der Waals surface area contributed by atoms with Crippen LogP contribution in [-0.4, -0.2) is 20.9 Å². The Bertz CT molecular complexity index is 918. The maximum absolute atomic E-state index is 12.4. The number of amides is 1. The van der Waals surface area contributed by atoms with E-state index in [0.717, 1.165) is 21.2 Å². The number of carbonyl (C=O) groups is 1. The number of hydrogen-bond donors (Lipinski definition) is 2. The van der Waals surface area contributed by atoms with Crippen molar-refractivity contribution in [2.45, 2.75) is 20.4 Å². The van der Waals surface area contributed by atoms with Crippen LogP contribution in [-0.2, 0) is 6.54 Å². The fourth-order valence-corrected chi connectivity index (χ4v) is 2.64. The first-order valence-corrected chi connectivity index (χ1v) is 8.55. The van der Waals surface area contributed by atoms with Crippen LogP contribution >= 0.6 is 15.9 Å². The van der Waals surface area contributed by atoms with Gasteiger partial charge in [0, 0.05) is 10.2 Å². The molecule has 3 aromatic rings. The van der Waals surface area contributed by atoms with Crippen molar-refractivity contribution in [3.63, 3.8) is 0 Å². The highest BCUT2D eigenvalue weighted by atomic mass is 79.9. The predicted octanol–water partition coefficient (Wildman–Crippen LogP) is 3.54. The molecule has 0 radical (unpaired) electrons. The number of aromatic nitrogens is 3. The van der Waals surface area contributed by atoms with Crippen molar-refractivity contribution in [3.8, 4) is 0 Å². The van der Waals surface area contributed by atoms with Crippen LogP contribution in [0.15, 0.2) is 46.9 Å². The molecule has 0 aliphatic heterocycles. The Balaban J connectivity index is 1.76. The average molecular weight is 400 g/mol. The van der Waals surface area contributed by atoms with Gasteiger partial charge in [-0.15, -0.1) is 5.10 Å². The molecule has 0 saturated heterocycles. The SMILES string of the molecule is Cc1ccc(NC(=O)c2nnn(Cc3ccc(Br)cc3)c2N)cc1C. The topological polar surface area (TPSA) is 85.8 Å². The number of aryl methyl sites for hydroxylation is 2. The molecule has 6 nitrogen and oxygen atoms in total. The van der Waals surface area contributed by atoms with Gasteiger partial charge in [0.25, 0.3) is 5.91 Å².